The number of hydrogen-bond donors (Lipinski definition) is 0. The van der Waals surface area contributed by atoms with Crippen molar-refractivity contribution in [2.45, 2.75) is 45.8 Å². The van der Waals surface area contributed by atoms with Crippen LogP contribution < -0.4 is 0 Å². The molecule has 3 heteroatoms. The van der Waals surface area contributed by atoms with Crippen LogP contribution in [-0.4, -0.2) is 13.2 Å². The first-order chi connectivity index (χ1) is 5.52. The molecule has 0 aliphatic carbocycles. The van der Waals surface area contributed by atoms with E-state index >= 15 is 0 Å². The van der Waals surface area contributed by atoms with Crippen LogP contribution in [0.25, 0.3) is 0 Å². The summed E-state index contributed by atoms with van der Waals surface area (Å²) in [5, 5.41) is 1.05. The Morgan fingerprint density at radius 1 is 1.15 bits per heavy atom. The van der Waals surface area contributed by atoms with Crippen LogP contribution in [0.1, 0.15) is 41.0 Å². The van der Waals surface area contributed by atoms with Gasteiger partial charge in [-0.2, -0.15) is 0 Å². The quantitative estimate of drug-likeness (QED) is 0.708. The average Bonchev–Trinajstić information content (AvgIpc) is 1.81. The lowest BCUT2D eigenvalue weighted by molar-refractivity contribution is 0.330. The van der Waals surface area contributed by atoms with Gasteiger partial charge in [0.1, 0.15) is 0 Å². The number of hydrogen-bond acceptors (Lipinski definition) is 2. The van der Waals surface area contributed by atoms with Crippen molar-refractivity contribution in [3.8, 4) is 0 Å². The van der Waals surface area contributed by atoms with Crippen LogP contribution in [-0.2, 0) is 9.84 Å². The molecule has 0 amide bonds. The second kappa shape index (κ2) is 3.45. The van der Waals surface area contributed by atoms with Crippen molar-refractivity contribution in [2.75, 3.05) is 0 Å². The zero-order valence-electron chi connectivity index (χ0n) is 9.22. The zero-order chi connectivity index (χ0) is 10.9. The van der Waals surface area contributed by atoms with E-state index in [1.54, 1.807) is 13.8 Å². The van der Waals surface area contributed by atoms with Crippen molar-refractivity contribution < 1.29 is 8.42 Å². The molecule has 13 heavy (non-hydrogen) atoms. The lowest BCUT2D eigenvalue weighted by atomic mass is 9.86. The Morgan fingerprint density at radius 3 is 1.77 bits per heavy atom. The molecule has 0 aliphatic rings. The summed E-state index contributed by atoms with van der Waals surface area (Å²) in [6, 6.07) is 0. The number of rotatable bonds is 3. The van der Waals surface area contributed by atoms with Gasteiger partial charge >= 0.3 is 0 Å². The SMILES string of the molecule is C=CS(=O)(=O)C(C)(C)CC(C)(C)C. The summed E-state index contributed by atoms with van der Waals surface area (Å²) in [5.74, 6) is 0. The van der Waals surface area contributed by atoms with Crippen molar-refractivity contribution in [3.05, 3.63) is 12.0 Å². The zero-order valence-corrected chi connectivity index (χ0v) is 10.0. The van der Waals surface area contributed by atoms with Gasteiger partial charge in [0.05, 0.1) is 4.75 Å². The predicted molar refractivity (Wildman–Crippen MR) is 57.3 cm³/mol. The van der Waals surface area contributed by atoms with Crippen molar-refractivity contribution in [1.82, 2.24) is 0 Å². The van der Waals surface area contributed by atoms with Gasteiger partial charge < -0.3 is 0 Å². The third-order valence-electron chi connectivity index (χ3n) is 1.95. The van der Waals surface area contributed by atoms with Crippen LogP contribution >= 0.6 is 0 Å². The van der Waals surface area contributed by atoms with Gasteiger partial charge in [0.25, 0.3) is 0 Å². The van der Waals surface area contributed by atoms with Crippen LogP contribution in [0.3, 0.4) is 0 Å². The van der Waals surface area contributed by atoms with Gasteiger partial charge in [0.2, 0.25) is 0 Å². The first-order valence-corrected chi connectivity index (χ1v) is 5.93. The average molecular weight is 204 g/mol. The second-order valence-corrected chi connectivity index (χ2v) is 7.74. The molecular weight excluding hydrogens is 184 g/mol. The van der Waals surface area contributed by atoms with Gasteiger partial charge in [-0.1, -0.05) is 27.4 Å². The Hall–Kier alpha value is -0.310. The summed E-state index contributed by atoms with van der Waals surface area (Å²) in [7, 11) is -3.17. The minimum absolute atomic E-state index is 0.0135. The molecule has 0 bridgehead atoms. The molecule has 0 saturated heterocycles. The van der Waals surface area contributed by atoms with E-state index in [1.807, 2.05) is 20.8 Å². The first-order valence-electron chi connectivity index (χ1n) is 4.39. The molecule has 0 atom stereocenters. The highest BCUT2D eigenvalue weighted by Gasteiger charge is 2.35. The molecular formula is C10H20O2S. The summed E-state index contributed by atoms with van der Waals surface area (Å²) >= 11 is 0. The topological polar surface area (TPSA) is 34.1 Å². The van der Waals surface area contributed by atoms with Gasteiger partial charge in [0, 0.05) is 5.41 Å². The van der Waals surface area contributed by atoms with E-state index in [-0.39, 0.29) is 5.41 Å². The molecule has 0 rings (SSSR count). The molecule has 0 aromatic heterocycles. The summed E-state index contributed by atoms with van der Waals surface area (Å²) < 4.78 is 22.4. The van der Waals surface area contributed by atoms with Gasteiger partial charge in [-0.25, -0.2) is 8.42 Å². The highest BCUT2D eigenvalue weighted by atomic mass is 32.2. The van der Waals surface area contributed by atoms with Crippen molar-refractivity contribution in [1.29, 1.82) is 0 Å². The molecule has 0 radical (unpaired) electrons. The Bertz CT molecular complexity index is 279. The van der Waals surface area contributed by atoms with Crippen LogP contribution in [0.4, 0.5) is 0 Å². The minimum Gasteiger partial charge on any atom is -0.224 e. The van der Waals surface area contributed by atoms with Gasteiger partial charge in [-0.05, 0) is 25.7 Å². The van der Waals surface area contributed by atoms with Crippen LogP contribution in [0, 0.1) is 5.41 Å². The largest absolute Gasteiger partial charge is 0.224 e. The molecule has 0 saturated carbocycles. The Kier molecular flexibility index (Phi) is 3.36. The van der Waals surface area contributed by atoms with E-state index in [0.29, 0.717) is 6.42 Å². The molecule has 0 unspecified atom stereocenters. The molecule has 0 heterocycles. The Balaban J connectivity index is 4.90. The first kappa shape index (κ1) is 12.7. The third kappa shape index (κ3) is 3.51. The molecule has 0 aromatic carbocycles. The monoisotopic (exact) mass is 204 g/mol. The van der Waals surface area contributed by atoms with Crippen LogP contribution in [0.2, 0.25) is 0 Å². The van der Waals surface area contributed by atoms with E-state index in [9.17, 15) is 8.42 Å². The Morgan fingerprint density at radius 2 is 1.54 bits per heavy atom. The van der Waals surface area contributed by atoms with E-state index < -0.39 is 14.6 Å². The van der Waals surface area contributed by atoms with Gasteiger partial charge in [-0.3, -0.25) is 0 Å². The lowest BCUT2D eigenvalue weighted by Gasteiger charge is -2.30. The van der Waals surface area contributed by atoms with Crippen LogP contribution in [0.5, 0.6) is 0 Å². The molecule has 2 nitrogen and oxygen atoms in total. The second-order valence-electron chi connectivity index (χ2n) is 5.21. The summed E-state index contributed by atoms with van der Waals surface area (Å²) in [5.41, 5.74) is 0.0135. The van der Waals surface area contributed by atoms with E-state index in [1.165, 1.54) is 0 Å². The Labute approximate surface area is 82.0 Å². The smallest absolute Gasteiger partial charge is 0.176 e. The summed E-state index contributed by atoms with van der Waals surface area (Å²) in [4.78, 5) is 0. The van der Waals surface area contributed by atoms with Gasteiger partial charge in [-0.15, -0.1) is 0 Å². The molecule has 0 aromatic rings. The van der Waals surface area contributed by atoms with Crippen molar-refractivity contribution >= 4 is 9.84 Å². The fraction of sp³-hybridized carbons (Fsp3) is 0.800. The molecule has 0 aliphatic heterocycles. The van der Waals surface area contributed by atoms with Gasteiger partial charge in [0.15, 0.2) is 9.84 Å². The third-order valence-corrected chi connectivity index (χ3v) is 4.07. The van der Waals surface area contributed by atoms with Crippen molar-refractivity contribution in [3.63, 3.8) is 0 Å². The fourth-order valence-electron chi connectivity index (χ4n) is 1.60. The van der Waals surface area contributed by atoms with Crippen molar-refractivity contribution in [2.24, 2.45) is 5.41 Å². The van der Waals surface area contributed by atoms with E-state index in [2.05, 4.69) is 6.58 Å². The summed E-state index contributed by atoms with van der Waals surface area (Å²) in [6.45, 7) is 12.9. The fourth-order valence-corrected chi connectivity index (χ4v) is 2.69. The lowest BCUT2D eigenvalue weighted by Crippen LogP contribution is -2.34. The maximum atomic E-state index is 11.6. The highest BCUT2D eigenvalue weighted by Crippen LogP contribution is 2.32. The predicted octanol–water partition coefficient (Wildman–Crippen LogP) is 2.76. The molecule has 0 fully saturated rings. The normalized spacial score (nSPS) is 14.2. The molecule has 0 spiro atoms. The highest BCUT2D eigenvalue weighted by molar-refractivity contribution is 7.95. The maximum absolute atomic E-state index is 11.6. The minimum atomic E-state index is -3.17. The number of sulfone groups is 1. The maximum Gasteiger partial charge on any atom is 0.176 e. The molecule has 0 N–H and O–H groups in total. The standard InChI is InChI=1S/C10H20O2S/c1-7-13(11,12)10(5,6)8-9(2,3)4/h7H,1,8H2,2-6H3. The van der Waals surface area contributed by atoms with E-state index in [4.69, 9.17) is 0 Å². The molecule has 78 valence electrons. The summed E-state index contributed by atoms with van der Waals surface area (Å²) in [6.07, 6.45) is 0.633. The van der Waals surface area contributed by atoms with Crippen LogP contribution in [0.15, 0.2) is 12.0 Å². The van der Waals surface area contributed by atoms with E-state index in [0.717, 1.165) is 5.41 Å².